The van der Waals surface area contributed by atoms with Crippen molar-refractivity contribution >= 4 is 5.69 Å². The summed E-state index contributed by atoms with van der Waals surface area (Å²) in [5, 5.41) is 0. The van der Waals surface area contributed by atoms with Gasteiger partial charge in [-0.3, -0.25) is 0 Å². The molecule has 0 heterocycles. The number of anilines is 1. The van der Waals surface area contributed by atoms with E-state index in [1.807, 2.05) is 18.2 Å². The van der Waals surface area contributed by atoms with Crippen LogP contribution < -0.4 is 5.73 Å². The highest BCUT2D eigenvalue weighted by Gasteiger charge is 2.03. The average molecular weight is 211 g/mol. The first-order chi connectivity index (χ1) is 7.81. The van der Waals surface area contributed by atoms with Gasteiger partial charge in [0.05, 0.1) is 0 Å². The highest BCUT2D eigenvalue weighted by atomic mass is 14.5. The van der Waals surface area contributed by atoms with Crippen LogP contribution in [0.15, 0.2) is 48.5 Å². The van der Waals surface area contributed by atoms with Crippen LogP contribution in [0.4, 0.5) is 5.69 Å². The Hall–Kier alpha value is -1.76. The fourth-order valence-corrected chi connectivity index (χ4v) is 2.00. The van der Waals surface area contributed by atoms with E-state index in [-0.39, 0.29) is 0 Å². The highest BCUT2D eigenvalue weighted by molar-refractivity contribution is 5.70. The third-order valence-electron chi connectivity index (χ3n) is 2.73. The van der Waals surface area contributed by atoms with Crippen LogP contribution in [0.5, 0.6) is 0 Å². The predicted octanol–water partition coefficient (Wildman–Crippen LogP) is 3.89. The van der Waals surface area contributed by atoms with Gasteiger partial charge >= 0.3 is 0 Å². The summed E-state index contributed by atoms with van der Waals surface area (Å²) in [7, 11) is 0. The maximum atomic E-state index is 5.82. The van der Waals surface area contributed by atoms with Gasteiger partial charge in [0.2, 0.25) is 0 Å². The Bertz CT molecular complexity index is 474. The lowest BCUT2D eigenvalue weighted by atomic mass is 9.97. The smallest absolute Gasteiger partial charge is 0.0320 e. The number of nitrogens with two attached hydrogens (primary N) is 1. The van der Waals surface area contributed by atoms with E-state index in [2.05, 4.69) is 37.3 Å². The zero-order chi connectivity index (χ0) is 11.4. The molecule has 0 amide bonds. The summed E-state index contributed by atoms with van der Waals surface area (Å²) in [6, 6.07) is 16.6. The van der Waals surface area contributed by atoms with E-state index in [1.165, 1.54) is 23.1 Å². The number of nitrogen functional groups attached to an aromatic ring is 1. The molecule has 0 aliphatic carbocycles. The van der Waals surface area contributed by atoms with Crippen molar-refractivity contribution in [2.24, 2.45) is 0 Å². The van der Waals surface area contributed by atoms with Crippen molar-refractivity contribution in [3.8, 4) is 11.1 Å². The summed E-state index contributed by atoms with van der Waals surface area (Å²) < 4.78 is 0. The molecule has 0 saturated carbocycles. The van der Waals surface area contributed by atoms with Gasteiger partial charge < -0.3 is 5.73 Å². The maximum Gasteiger partial charge on any atom is 0.0320 e. The minimum atomic E-state index is 0.823. The van der Waals surface area contributed by atoms with Crippen molar-refractivity contribution in [1.82, 2.24) is 0 Å². The minimum Gasteiger partial charge on any atom is -0.399 e. The number of hydrogen-bond acceptors (Lipinski definition) is 1. The van der Waals surface area contributed by atoms with E-state index in [4.69, 9.17) is 5.73 Å². The van der Waals surface area contributed by atoms with Crippen LogP contribution in [0.3, 0.4) is 0 Å². The Kier molecular flexibility index (Phi) is 3.25. The zero-order valence-corrected chi connectivity index (χ0v) is 9.61. The summed E-state index contributed by atoms with van der Waals surface area (Å²) in [6.07, 6.45) is 2.28. The van der Waals surface area contributed by atoms with Gasteiger partial charge in [0.25, 0.3) is 0 Å². The lowest BCUT2D eigenvalue weighted by Crippen LogP contribution is -1.90. The number of rotatable bonds is 3. The molecule has 0 saturated heterocycles. The number of hydrogen-bond donors (Lipinski definition) is 1. The van der Waals surface area contributed by atoms with E-state index in [0.717, 1.165) is 12.1 Å². The molecule has 0 aliphatic heterocycles. The Balaban J connectivity index is 2.46. The van der Waals surface area contributed by atoms with Gasteiger partial charge in [-0.1, -0.05) is 49.7 Å². The second-order valence-electron chi connectivity index (χ2n) is 4.03. The lowest BCUT2D eigenvalue weighted by molar-refractivity contribution is 0.924. The van der Waals surface area contributed by atoms with Gasteiger partial charge in [-0.2, -0.15) is 0 Å². The predicted molar refractivity (Wildman–Crippen MR) is 70.3 cm³/mol. The molecular formula is C15H17N. The molecule has 1 nitrogen and oxygen atoms in total. The molecule has 0 aromatic heterocycles. The highest BCUT2D eigenvalue weighted by Crippen LogP contribution is 2.25. The van der Waals surface area contributed by atoms with Gasteiger partial charge in [0.15, 0.2) is 0 Å². The van der Waals surface area contributed by atoms with Gasteiger partial charge in [-0.15, -0.1) is 0 Å². The summed E-state index contributed by atoms with van der Waals surface area (Å²) >= 11 is 0. The molecule has 0 aliphatic rings. The molecular weight excluding hydrogens is 194 g/mol. The fourth-order valence-electron chi connectivity index (χ4n) is 2.00. The van der Waals surface area contributed by atoms with Crippen LogP contribution in [0, 0.1) is 0 Å². The Labute approximate surface area is 96.9 Å². The van der Waals surface area contributed by atoms with Gasteiger partial charge in [-0.25, -0.2) is 0 Å². The summed E-state index contributed by atoms with van der Waals surface area (Å²) in [4.78, 5) is 0. The minimum absolute atomic E-state index is 0.823. The van der Waals surface area contributed by atoms with Crippen molar-refractivity contribution in [2.45, 2.75) is 19.8 Å². The molecule has 0 unspecified atom stereocenters. The standard InChI is InChI=1S/C15H17N/c1-2-6-12-7-3-4-10-15(12)13-8-5-9-14(16)11-13/h3-5,7-11H,2,6,16H2,1H3. The maximum absolute atomic E-state index is 5.82. The SMILES string of the molecule is CCCc1ccccc1-c1cccc(N)c1. The first kappa shape index (κ1) is 10.7. The second-order valence-corrected chi connectivity index (χ2v) is 4.03. The topological polar surface area (TPSA) is 26.0 Å². The van der Waals surface area contributed by atoms with Crippen LogP contribution in [0.1, 0.15) is 18.9 Å². The molecule has 0 bridgehead atoms. The summed E-state index contributed by atoms with van der Waals surface area (Å²) in [5.74, 6) is 0. The van der Waals surface area contributed by atoms with E-state index >= 15 is 0 Å². The molecule has 1 heteroatoms. The normalized spacial score (nSPS) is 10.3. The largest absolute Gasteiger partial charge is 0.399 e. The molecule has 2 aromatic carbocycles. The van der Waals surface area contributed by atoms with Crippen molar-refractivity contribution in [3.05, 3.63) is 54.1 Å². The molecule has 2 aromatic rings. The molecule has 16 heavy (non-hydrogen) atoms. The van der Waals surface area contributed by atoms with Crippen molar-refractivity contribution in [2.75, 3.05) is 5.73 Å². The third-order valence-corrected chi connectivity index (χ3v) is 2.73. The Morgan fingerprint density at radius 3 is 2.56 bits per heavy atom. The summed E-state index contributed by atoms with van der Waals surface area (Å²) in [6.45, 7) is 2.20. The van der Waals surface area contributed by atoms with Crippen molar-refractivity contribution in [1.29, 1.82) is 0 Å². The third kappa shape index (κ3) is 2.25. The van der Waals surface area contributed by atoms with Gasteiger partial charge in [0, 0.05) is 5.69 Å². The van der Waals surface area contributed by atoms with Crippen LogP contribution in [-0.4, -0.2) is 0 Å². The van der Waals surface area contributed by atoms with E-state index in [0.29, 0.717) is 0 Å². The van der Waals surface area contributed by atoms with Crippen molar-refractivity contribution in [3.63, 3.8) is 0 Å². The first-order valence-corrected chi connectivity index (χ1v) is 5.75. The molecule has 2 N–H and O–H groups in total. The number of aryl methyl sites for hydroxylation is 1. The van der Waals surface area contributed by atoms with Crippen LogP contribution in [-0.2, 0) is 6.42 Å². The van der Waals surface area contributed by atoms with E-state index in [1.54, 1.807) is 0 Å². The molecule has 82 valence electrons. The Morgan fingerprint density at radius 1 is 1.00 bits per heavy atom. The molecule has 0 fully saturated rings. The van der Waals surface area contributed by atoms with Crippen LogP contribution in [0.25, 0.3) is 11.1 Å². The zero-order valence-electron chi connectivity index (χ0n) is 9.61. The molecule has 0 radical (unpaired) electrons. The second kappa shape index (κ2) is 4.84. The summed E-state index contributed by atoms with van der Waals surface area (Å²) in [5.41, 5.74) is 10.6. The van der Waals surface area contributed by atoms with Crippen LogP contribution in [0.2, 0.25) is 0 Å². The monoisotopic (exact) mass is 211 g/mol. The van der Waals surface area contributed by atoms with Gasteiger partial charge in [0.1, 0.15) is 0 Å². The molecule has 0 atom stereocenters. The van der Waals surface area contributed by atoms with Crippen molar-refractivity contribution < 1.29 is 0 Å². The first-order valence-electron chi connectivity index (χ1n) is 5.75. The number of benzene rings is 2. The average Bonchev–Trinajstić information content (AvgIpc) is 2.30. The van der Waals surface area contributed by atoms with Gasteiger partial charge in [-0.05, 0) is 35.2 Å². The fraction of sp³-hybridized carbons (Fsp3) is 0.200. The van der Waals surface area contributed by atoms with E-state index in [9.17, 15) is 0 Å². The van der Waals surface area contributed by atoms with E-state index < -0.39 is 0 Å². The van der Waals surface area contributed by atoms with Crippen LogP contribution >= 0.6 is 0 Å². The quantitative estimate of drug-likeness (QED) is 0.766. The Morgan fingerprint density at radius 2 is 1.81 bits per heavy atom. The molecule has 2 rings (SSSR count). The molecule has 0 spiro atoms. The lowest BCUT2D eigenvalue weighted by Gasteiger charge is -2.09.